The molecule has 0 saturated heterocycles. The lowest BCUT2D eigenvalue weighted by Gasteiger charge is -2.16. The summed E-state index contributed by atoms with van der Waals surface area (Å²) < 4.78 is 34.3. The van der Waals surface area contributed by atoms with E-state index in [1.807, 2.05) is 6.07 Å². The molecule has 1 N–H and O–H groups in total. The van der Waals surface area contributed by atoms with Gasteiger partial charge in [-0.3, -0.25) is 0 Å². The Kier molecular flexibility index (Phi) is 3.77. The summed E-state index contributed by atoms with van der Waals surface area (Å²) in [5.41, 5.74) is 1.34. The van der Waals surface area contributed by atoms with Gasteiger partial charge < -0.3 is 5.11 Å². The number of hydrogen-bond donors (Lipinski definition) is 1. The van der Waals surface area contributed by atoms with Gasteiger partial charge >= 0.3 is 10.2 Å². The van der Waals surface area contributed by atoms with Gasteiger partial charge in [-0.05, 0) is 37.3 Å². The highest BCUT2D eigenvalue weighted by Gasteiger charge is 2.26. The van der Waals surface area contributed by atoms with Crippen LogP contribution in [0.25, 0.3) is 0 Å². The van der Waals surface area contributed by atoms with Crippen molar-refractivity contribution in [3.63, 3.8) is 0 Å². The van der Waals surface area contributed by atoms with Crippen molar-refractivity contribution in [3.05, 3.63) is 39.6 Å². The predicted octanol–water partition coefficient (Wildman–Crippen LogP) is 1.56. The maximum absolute atomic E-state index is 12.4. The van der Waals surface area contributed by atoms with E-state index in [0.29, 0.717) is 4.88 Å². The summed E-state index contributed by atoms with van der Waals surface area (Å²) in [7, 11) is -1.14. The second-order valence-electron chi connectivity index (χ2n) is 5.54. The number of aryl methyl sites for hydroxylation is 2. The van der Waals surface area contributed by atoms with Crippen LogP contribution in [0.5, 0.6) is 0 Å². The minimum Gasteiger partial charge on any atom is -0.381 e. The molecule has 120 valence electrons. The Bertz CT molecular complexity index is 803. The number of thiophene rings is 1. The van der Waals surface area contributed by atoms with Crippen LogP contribution in [-0.4, -0.2) is 40.9 Å². The summed E-state index contributed by atoms with van der Waals surface area (Å²) in [6, 6.07) is 1.95. The minimum absolute atomic E-state index is 0.0993. The number of rotatable bonds is 4. The van der Waals surface area contributed by atoms with Crippen LogP contribution in [0, 0.1) is 0 Å². The molecular weight excluding hydrogens is 322 g/mol. The quantitative estimate of drug-likeness (QED) is 0.914. The fraction of sp³-hybridized carbons (Fsp3) is 0.500. The number of aromatic nitrogens is 2. The molecule has 0 fully saturated rings. The van der Waals surface area contributed by atoms with Crippen LogP contribution in [0.1, 0.15) is 41.3 Å². The highest BCUT2D eigenvalue weighted by atomic mass is 32.2. The van der Waals surface area contributed by atoms with Crippen molar-refractivity contribution < 1.29 is 14.9 Å². The first-order valence-electron chi connectivity index (χ1n) is 7.59. The molecule has 0 bridgehead atoms. The molecule has 22 heavy (non-hydrogen) atoms. The second kappa shape index (κ2) is 5.77. The van der Waals surface area contributed by atoms with Gasteiger partial charge in [0.25, 0.3) is 0 Å². The molecule has 6 nitrogen and oxygen atoms in total. The summed E-state index contributed by atoms with van der Waals surface area (Å²) in [6.07, 6.45) is 4.03. The van der Waals surface area contributed by atoms with Crippen molar-refractivity contribution >= 4 is 21.5 Å². The third kappa shape index (κ3) is 2.60. The average molecular weight is 343 g/mol. The van der Waals surface area contributed by atoms with Crippen LogP contribution in [0.3, 0.4) is 0 Å². The van der Waals surface area contributed by atoms with E-state index in [9.17, 15) is 13.5 Å². The van der Waals surface area contributed by atoms with Crippen molar-refractivity contribution in [2.75, 3.05) is 14.1 Å². The minimum atomic E-state index is -3.91. The van der Waals surface area contributed by atoms with Crippen molar-refractivity contribution in [1.82, 2.24) is 13.3 Å². The lowest BCUT2D eigenvalue weighted by molar-refractivity contribution is 0.217. The van der Waals surface area contributed by atoms with Crippen LogP contribution < -0.4 is 0 Å². The number of fused-ring (bicyclic) bond motifs is 1. The van der Waals surface area contributed by atoms with Gasteiger partial charge in [-0.25, -0.2) is 8.96 Å². The Morgan fingerprint density at radius 2 is 2.18 bits per heavy atom. The molecule has 0 radical (unpaired) electrons. The lowest BCUT2D eigenvalue weighted by atomic mass is 9.99. The van der Waals surface area contributed by atoms with E-state index in [-0.39, 0.29) is 5.69 Å². The van der Waals surface area contributed by atoms with Crippen LogP contribution in [0.2, 0.25) is 0 Å². The molecule has 1 aliphatic carbocycles. The molecule has 2 aromatic rings. The molecule has 8 heteroatoms. The predicted molar refractivity (Wildman–Crippen MR) is 85.3 cm³/mol. The van der Waals surface area contributed by atoms with Gasteiger partial charge in [0, 0.05) is 23.8 Å². The molecule has 2 aromatic heterocycles. The molecule has 0 aliphatic heterocycles. The number of imidazole rings is 1. The van der Waals surface area contributed by atoms with Crippen LogP contribution in [-0.2, 0) is 23.1 Å². The average Bonchev–Trinajstić information content (AvgIpc) is 3.09. The van der Waals surface area contributed by atoms with E-state index >= 15 is 0 Å². The molecule has 0 spiro atoms. The molecule has 0 aromatic carbocycles. The fourth-order valence-corrected chi connectivity index (χ4v) is 4.73. The van der Waals surface area contributed by atoms with Gasteiger partial charge in [0.05, 0.1) is 11.9 Å². The highest BCUT2D eigenvalue weighted by molar-refractivity contribution is 7.87. The summed E-state index contributed by atoms with van der Waals surface area (Å²) in [5.74, 6) is 0. The zero-order chi connectivity index (χ0) is 16.8. The summed E-state index contributed by atoms with van der Waals surface area (Å²) in [6.45, 7) is 0. The third-order valence-electron chi connectivity index (χ3n) is 3.84. The zero-order valence-electron chi connectivity index (χ0n) is 13.5. The van der Waals surface area contributed by atoms with Crippen molar-refractivity contribution in [1.29, 1.82) is 0 Å². The molecule has 2 heterocycles. The van der Waals surface area contributed by atoms with E-state index in [2.05, 4.69) is 4.98 Å². The Morgan fingerprint density at radius 1 is 1.45 bits per heavy atom. The molecule has 1 unspecified atom stereocenters. The van der Waals surface area contributed by atoms with Crippen LogP contribution in [0.15, 0.2) is 18.6 Å². The normalized spacial score (nSPS) is 17.4. The lowest BCUT2D eigenvalue weighted by Crippen LogP contribution is -2.30. The van der Waals surface area contributed by atoms with Crippen LogP contribution >= 0.6 is 11.3 Å². The highest BCUT2D eigenvalue weighted by Crippen LogP contribution is 2.35. The number of aliphatic hydroxyl groups is 1. The van der Waals surface area contributed by atoms with E-state index in [1.165, 1.54) is 42.1 Å². The van der Waals surface area contributed by atoms with Gasteiger partial charge in [-0.1, -0.05) is 0 Å². The molecule has 0 amide bonds. The molecule has 1 aliphatic rings. The molecule has 3 rings (SSSR count). The second-order valence-corrected chi connectivity index (χ2v) is 8.70. The first-order valence-corrected chi connectivity index (χ1v) is 9.30. The van der Waals surface area contributed by atoms with Gasteiger partial charge in [-0.2, -0.15) is 12.7 Å². The monoisotopic (exact) mass is 343 g/mol. The standard InChI is InChI=1S/C14H19N3O3S2/c1-16(2)22(19,20)17-9-15-8-11(17)14(18)13-7-10-5-3-4-6-12(10)21-13/h7-9,14,18H,3-6H2,1-2H3/i9T. The van der Waals surface area contributed by atoms with E-state index in [0.717, 1.165) is 34.0 Å². The summed E-state index contributed by atoms with van der Waals surface area (Å²) in [5, 5.41) is 10.7. The summed E-state index contributed by atoms with van der Waals surface area (Å²) >= 11 is 1.51. The largest absolute Gasteiger partial charge is 0.381 e. The molecule has 0 saturated carbocycles. The smallest absolute Gasteiger partial charge is 0.308 e. The van der Waals surface area contributed by atoms with E-state index in [4.69, 9.17) is 1.37 Å². The van der Waals surface area contributed by atoms with Crippen molar-refractivity contribution in [3.8, 4) is 0 Å². The maximum Gasteiger partial charge on any atom is 0.308 e. The van der Waals surface area contributed by atoms with E-state index in [1.54, 1.807) is 0 Å². The number of hydrogen-bond acceptors (Lipinski definition) is 5. The topological polar surface area (TPSA) is 75.4 Å². The van der Waals surface area contributed by atoms with Crippen LogP contribution in [0.4, 0.5) is 0 Å². The Morgan fingerprint density at radius 3 is 2.86 bits per heavy atom. The summed E-state index contributed by atoms with van der Waals surface area (Å²) in [4.78, 5) is 5.73. The Balaban J connectivity index is 2.04. The first kappa shape index (κ1) is 14.4. The van der Waals surface area contributed by atoms with Crippen molar-refractivity contribution in [2.24, 2.45) is 0 Å². The Labute approximate surface area is 135 Å². The van der Waals surface area contributed by atoms with Crippen molar-refractivity contribution in [2.45, 2.75) is 31.8 Å². The van der Waals surface area contributed by atoms with Gasteiger partial charge in [0.2, 0.25) is 0 Å². The number of nitrogens with zero attached hydrogens (tertiary/aromatic N) is 3. The molecule has 1 atom stereocenters. The maximum atomic E-state index is 12.4. The SMILES string of the molecule is [3H]c1ncc(C(O)c2cc3c(s2)CCCC3)n1S(=O)(=O)N(C)C. The Hall–Kier alpha value is -1.22. The number of aliphatic hydroxyl groups excluding tert-OH is 1. The first-order chi connectivity index (χ1) is 10.8. The van der Waals surface area contributed by atoms with E-state index < -0.39 is 22.6 Å². The third-order valence-corrected chi connectivity index (χ3v) is 6.80. The van der Waals surface area contributed by atoms with Gasteiger partial charge in [0.1, 0.15) is 13.8 Å². The van der Waals surface area contributed by atoms with Gasteiger partial charge in [0.15, 0.2) is 0 Å². The fourth-order valence-electron chi connectivity index (χ4n) is 2.58. The van der Waals surface area contributed by atoms with Gasteiger partial charge in [-0.15, -0.1) is 11.3 Å². The molecular formula is C14H19N3O3S2. The zero-order valence-corrected chi connectivity index (χ0v) is 14.1.